The first-order valence-corrected chi connectivity index (χ1v) is 8.29. The normalized spacial score (nSPS) is 35.4. The summed E-state index contributed by atoms with van der Waals surface area (Å²) < 4.78 is 5.43. The molecule has 0 radical (unpaired) electrons. The second-order valence-electron chi connectivity index (χ2n) is 7.43. The molecule has 1 heterocycles. The van der Waals surface area contributed by atoms with E-state index in [4.69, 9.17) is 10.5 Å². The van der Waals surface area contributed by atoms with Crippen molar-refractivity contribution in [1.29, 1.82) is 0 Å². The van der Waals surface area contributed by atoms with Crippen LogP contribution in [0.4, 0.5) is 0 Å². The smallest absolute Gasteiger partial charge is 0.119 e. The summed E-state index contributed by atoms with van der Waals surface area (Å²) in [4.78, 5) is 2.68. The van der Waals surface area contributed by atoms with Crippen molar-refractivity contribution in [3.8, 4) is 5.75 Å². The predicted molar refractivity (Wildman–Crippen MR) is 84.7 cm³/mol. The molecule has 1 saturated carbocycles. The third-order valence-electron chi connectivity index (χ3n) is 6.09. The molecule has 3 aliphatic rings. The Labute approximate surface area is 127 Å². The van der Waals surface area contributed by atoms with E-state index in [2.05, 4.69) is 30.0 Å². The number of piperidine rings is 1. The average Bonchev–Trinajstić information content (AvgIpc) is 3.30. The summed E-state index contributed by atoms with van der Waals surface area (Å²) in [6, 6.07) is 7.34. The number of rotatable bonds is 3. The first-order valence-electron chi connectivity index (χ1n) is 8.29. The van der Waals surface area contributed by atoms with Crippen LogP contribution in [0.25, 0.3) is 0 Å². The number of fused-ring (bicyclic) bond motifs is 4. The molecule has 2 bridgehead atoms. The van der Waals surface area contributed by atoms with Crippen molar-refractivity contribution >= 4 is 0 Å². The second-order valence-corrected chi connectivity index (χ2v) is 7.43. The topological polar surface area (TPSA) is 38.5 Å². The van der Waals surface area contributed by atoms with Gasteiger partial charge in [0, 0.05) is 24.0 Å². The molecule has 3 nitrogen and oxygen atoms in total. The standard InChI is InChI=1S/C18H26N2O/c1-18-7-8-20(11-12-3-4-12)16(17(18)19)9-13-5-6-14(21-2)10-15(13)18/h5-6,10,12,16-17H,3-4,7-9,11,19H2,1-2H3/t16-,17-,18+/m1/s1. The number of ether oxygens (including phenoxy) is 1. The van der Waals surface area contributed by atoms with Crippen molar-refractivity contribution in [1.82, 2.24) is 4.90 Å². The summed E-state index contributed by atoms with van der Waals surface area (Å²) >= 11 is 0. The van der Waals surface area contributed by atoms with Crippen LogP contribution in [-0.4, -0.2) is 37.2 Å². The van der Waals surface area contributed by atoms with Crippen molar-refractivity contribution in [2.75, 3.05) is 20.2 Å². The minimum Gasteiger partial charge on any atom is -0.497 e. The number of hydrogen-bond donors (Lipinski definition) is 1. The number of nitrogens with zero attached hydrogens (tertiary/aromatic N) is 1. The second kappa shape index (κ2) is 4.72. The summed E-state index contributed by atoms with van der Waals surface area (Å²) in [7, 11) is 1.74. The Balaban J connectivity index is 1.70. The van der Waals surface area contributed by atoms with Gasteiger partial charge in [0.15, 0.2) is 0 Å². The summed E-state index contributed by atoms with van der Waals surface area (Å²) in [6.07, 6.45) is 5.10. The van der Waals surface area contributed by atoms with Crippen molar-refractivity contribution in [3.05, 3.63) is 29.3 Å². The summed E-state index contributed by atoms with van der Waals surface area (Å²) in [6.45, 7) is 4.82. The van der Waals surface area contributed by atoms with E-state index in [0.717, 1.165) is 24.5 Å². The Morgan fingerprint density at radius 2 is 2.19 bits per heavy atom. The van der Waals surface area contributed by atoms with Crippen molar-refractivity contribution in [2.24, 2.45) is 11.7 Å². The molecule has 2 N–H and O–H groups in total. The van der Waals surface area contributed by atoms with Crippen LogP contribution in [-0.2, 0) is 11.8 Å². The molecule has 1 aliphatic heterocycles. The highest BCUT2D eigenvalue weighted by Gasteiger charge is 2.49. The van der Waals surface area contributed by atoms with E-state index in [9.17, 15) is 0 Å². The fraction of sp³-hybridized carbons (Fsp3) is 0.667. The van der Waals surface area contributed by atoms with E-state index in [1.807, 2.05) is 0 Å². The van der Waals surface area contributed by atoms with Crippen molar-refractivity contribution in [3.63, 3.8) is 0 Å². The molecule has 3 atom stereocenters. The lowest BCUT2D eigenvalue weighted by molar-refractivity contribution is 0.0601. The number of hydrogen-bond acceptors (Lipinski definition) is 3. The van der Waals surface area contributed by atoms with Gasteiger partial charge in [-0.25, -0.2) is 0 Å². The highest BCUT2D eigenvalue weighted by atomic mass is 16.5. The minimum absolute atomic E-state index is 0.104. The van der Waals surface area contributed by atoms with Gasteiger partial charge < -0.3 is 10.5 Å². The summed E-state index contributed by atoms with van der Waals surface area (Å²) in [5.74, 6) is 1.90. The fourth-order valence-electron chi connectivity index (χ4n) is 4.41. The van der Waals surface area contributed by atoms with Crippen LogP contribution in [0.3, 0.4) is 0 Å². The van der Waals surface area contributed by atoms with Crippen LogP contribution < -0.4 is 10.5 Å². The number of methoxy groups -OCH3 is 1. The SMILES string of the molecule is COc1ccc2c(c1)[C@]1(C)CCN(CC3CC3)[C@H](C2)[C@H]1N. The van der Waals surface area contributed by atoms with Crippen LogP contribution in [0.1, 0.15) is 37.3 Å². The molecule has 1 saturated heterocycles. The van der Waals surface area contributed by atoms with Crippen LogP contribution in [0.5, 0.6) is 5.75 Å². The minimum atomic E-state index is 0.104. The highest BCUT2D eigenvalue weighted by molar-refractivity contribution is 5.45. The zero-order valence-electron chi connectivity index (χ0n) is 13.1. The molecule has 4 rings (SSSR count). The third-order valence-corrected chi connectivity index (χ3v) is 6.09. The van der Waals surface area contributed by atoms with E-state index in [0.29, 0.717) is 6.04 Å². The monoisotopic (exact) mass is 286 g/mol. The molecule has 0 aromatic heterocycles. The fourth-order valence-corrected chi connectivity index (χ4v) is 4.41. The Morgan fingerprint density at radius 3 is 2.90 bits per heavy atom. The van der Waals surface area contributed by atoms with Gasteiger partial charge in [-0.3, -0.25) is 4.90 Å². The maximum atomic E-state index is 6.73. The molecule has 3 heteroatoms. The lowest BCUT2D eigenvalue weighted by Crippen LogP contribution is -2.65. The summed E-state index contributed by atoms with van der Waals surface area (Å²) in [5.41, 5.74) is 9.74. The van der Waals surface area contributed by atoms with E-state index < -0.39 is 0 Å². The van der Waals surface area contributed by atoms with E-state index in [-0.39, 0.29) is 11.5 Å². The number of nitrogens with two attached hydrogens (primary N) is 1. The van der Waals surface area contributed by atoms with Gasteiger partial charge in [-0.05, 0) is 61.4 Å². The quantitative estimate of drug-likeness (QED) is 0.927. The van der Waals surface area contributed by atoms with E-state index >= 15 is 0 Å². The van der Waals surface area contributed by atoms with Gasteiger partial charge in [0.1, 0.15) is 5.75 Å². The zero-order chi connectivity index (χ0) is 14.6. The molecule has 0 unspecified atom stereocenters. The van der Waals surface area contributed by atoms with Gasteiger partial charge >= 0.3 is 0 Å². The van der Waals surface area contributed by atoms with Crippen molar-refractivity contribution in [2.45, 2.75) is 50.1 Å². The maximum absolute atomic E-state index is 6.73. The third kappa shape index (κ3) is 2.09. The van der Waals surface area contributed by atoms with Crippen LogP contribution in [0.2, 0.25) is 0 Å². The van der Waals surface area contributed by atoms with Crippen LogP contribution in [0, 0.1) is 5.92 Å². The predicted octanol–water partition coefficient (Wildman–Crippen LogP) is 2.32. The molecule has 2 fully saturated rings. The Morgan fingerprint density at radius 1 is 1.38 bits per heavy atom. The lowest BCUT2D eigenvalue weighted by atomic mass is 9.62. The first-order chi connectivity index (χ1) is 10.1. The molecular formula is C18H26N2O. The van der Waals surface area contributed by atoms with Gasteiger partial charge in [0.05, 0.1) is 7.11 Å². The first kappa shape index (κ1) is 13.6. The van der Waals surface area contributed by atoms with Gasteiger partial charge in [-0.2, -0.15) is 0 Å². The molecule has 2 aliphatic carbocycles. The molecule has 1 aromatic carbocycles. The van der Waals surface area contributed by atoms with Gasteiger partial charge in [0.2, 0.25) is 0 Å². The van der Waals surface area contributed by atoms with Gasteiger partial charge in [0.25, 0.3) is 0 Å². The van der Waals surface area contributed by atoms with E-state index in [1.165, 1.54) is 37.1 Å². The zero-order valence-corrected chi connectivity index (χ0v) is 13.1. The van der Waals surface area contributed by atoms with Crippen LogP contribution in [0.15, 0.2) is 18.2 Å². The van der Waals surface area contributed by atoms with Crippen molar-refractivity contribution < 1.29 is 4.74 Å². The Hall–Kier alpha value is -1.06. The summed E-state index contributed by atoms with van der Waals surface area (Å²) in [5, 5.41) is 0. The lowest BCUT2D eigenvalue weighted by Gasteiger charge is -2.54. The molecule has 21 heavy (non-hydrogen) atoms. The number of benzene rings is 1. The largest absolute Gasteiger partial charge is 0.497 e. The maximum Gasteiger partial charge on any atom is 0.119 e. The molecule has 0 spiro atoms. The van der Waals surface area contributed by atoms with E-state index in [1.54, 1.807) is 7.11 Å². The molecule has 1 aromatic rings. The van der Waals surface area contributed by atoms with Crippen LogP contribution >= 0.6 is 0 Å². The molecule has 114 valence electrons. The molecule has 0 amide bonds. The number of likely N-dealkylation sites (tertiary alicyclic amines) is 1. The Bertz CT molecular complexity index is 554. The highest BCUT2D eigenvalue weighted by Crippen LogP contribution is 2.46. The molecular weight excluding hydrogens is 260 g/mol. The van der Waals surface area contributed by atoms with Gasteiger partial charge in [-0.1, -0.05) is 13.0 Å². The van der Waals surface area contributed by atoms with Gasteiger partial charge in [-0.15, -0.1) is 0 Å². The Kier molecular flexibility index (Phi) is 3.05. The average molecular weight is 286 g/mol.